The maximum absolute atomic E-state index is 10.6. The molecule has 1 aromatic carbocycles. The minimum absolute atomic E-state index is 0.182. The molecule has 1 rings (SSSR count). The lowest BCUT2D eigenvalue weighted by Crippen LogP contribution is -2.25. The summed E-state index contributed by atoms with van der Waals surface area (Å²) in [4.78, 5) is 12.6. The van der Waals surface area contributed by atoms with Crippen molar-refractivity contribution in [2.24, 2.45) is 0 Å². The Morgan fingerprint density at radius 3 is 2.67 bits per heavy atom. The molecule has 0 heterocycles. The summed E-state index contributed by atoms with van der Waals surface area (Å²) in [5, 5.41) is 8.69. The second kappa shape index (κ2) is 7.52. The van der Waals surface area contributed by atoms with E-state index in [-0.39, 0.29) is 12.5 Å². The zero-order valence-electron chi connectivity index (χ0n) is 10.7. The molecule has 3 heteroatoms. The van der Waals surface area contributed by atoms with Gasteiger partial charge >= 0.3 is 5.97 Å². The fourth-order valence-electron chi connectivity index (χ4n) is 2.02. The molecule has 0 spiro atoms. The molecule has 0 radical (unpaired) electrons. The summed E-state index contributed by atoms with van der Waals surface area (Å²) in [6, 6.07) is 10.2. The highest BCUT2D eigenvalue weighted by atomic mass is 16.4. The van der Waals surface area contributed by atoms with E-state index in [1.807, 2.05) is 25.2 Å². The SMILES string of the molecule is C#CCN(C)C(CCCC(=O)O)c1ccccc1. The van der Waals surface area contributed by atoms with Crippen LogP contribution in [0.25, 0.3) is 0 Å². The van der Waals surface area contributed by atoms with Gasteiger partial charge in [0.2, 0.25) is 0 Å². The van der Waals surface area contributed by atoms with Gasteiger partial charge in [-0.25, -0.2) is 0 Å². The van der Waals surface area contributed by atoms with E-state index >= 15 is 0 Å². The van der Waals surface area contributed by atoms with Gasteiger partial charge in [-0.1, -0.05) is 36.3 Å². The van der Waals surface area contributed by atoms with E-state index in [1.54, 1.807) is 0 Å². The predicted molar refractivity (Wildman–Crippen MR) is 72.1 cm³/mol. The molecule has 0 saturated heterocycles. The molecule has 1 N–H and O–H groups in total. The number of hydrogen-bond acceptors (Lipinski definition) is 2. The van der Waals surface area contributed by atoms with Crippen molar-refractivity contribution in [1.29, 1.82) is 0 Å². The van der Waals surface area contributed by atoms with Gasteiger partial charge in [0.05, 0.1) is 6.54 Å². The lowest BCUT2D eigenvalue weighted by Gasteiger charge is -2.26. The van der Waals surface area contributed by atoms with Gasteiger partial charge in [-0.2, -0.15) is 0 Å². The highest BCUT2D eigenvalue weighted by molar-refractivity contribution is 5.66. The van der Waals surface area contributed by atoms with Crippen LogP contribution in [0.15, 0.2) is 30.3 Å². The van der Waals surface area contributed by atoms with Crippen molar-refractivity contribution in [2.75, 3.05) is 13.6 Å². The Labute approximate surface area is 108 Å². The molecule has 0 aliphatic rings. The number of benzene rings is 1. The fraction of sp³-hybridized carbons (Fsp3) is 0.400. The van der Waals surface area contributed by atoms with Crippen LogP contribution in [0.3, 0.4) is 0 Å². The van der Waals surface area contributed by atoms with Gasteiger partial charge in [-0.05, 0) is 25.5 Å². The summed E-state index contributed by atoms with van der Waals surface area (Å²) in [6.07, 6.45) is 6.99. The molecule has 18 heavy (non-hydrogen) atoms. The van der Waals surface area contributed by atoms with E-state index in [9.17, 15) is 4.79 Å². The quantitative estimate of drug-likeness (QED) is 0.750. The summed E-state index contributed by atoms with van der Waals surface area (Å²) in [5.41, 5.74) is 1.18. The van der Waals surface area contributed by atoms with Crippen LogP contribution >= 0.6 is 0 Å². The first-order valence-corrected chi connectivity index (χ1v) is 6.05. The van der Waals surface area contributed by atoms with Crippen LogP contribution in [0, 0.1) is 12.3 Å². The van der Waals surface area contributed by atoms with Gasteiger partial charge < -0.3 is 5.11 Å². The van der Waals surface area contributed by atoms with Gasteiger partial charge in [0, 0.05) is 12.5 Å². The molecule has 0 saturated carbocycles. The van der Waals surface area contributed by atoms with Crippen molar-refractivity contribution in [3.8, 4) is 12.3 Å². The summed E-state index contributed by atoms with van der Waals surface area (Å²) in [5.74, 6) is 1.88. The monoisotopic (exact) mass is 245 g/mol. The molecule has 0 amide bonds. The van der Waals surface area contributed by atoms with Gasteiger partial charge in [0.15, 0.2) is 0 Å². The van der Waals surface area contributed by atoms with Gasteiger partial charge in [-0.3, -0.25) is 9.69 Å². The lowest BCUT2D eigenvalue weighted by atomic mass is 9.99. The van der Waals surface area contributed by atoms with Crippen molar-refractivity contribution in [2.45, 2.75) is 25.3 Å². The zero-order chi connectivity index (χ0) is 13.4. The molecule has 96 valence electrons. The second-order valence-electron chi connectivity index (χ2n) is 4.33. The molecule has 1 aromatic rings. The minimum Gasteiger partial charge on any atom is -0.481 e. The van der Waals surface area contributed by atoms with Crippen LogP contribution in [0.5, 0.6) is 0 Å². The average Bonchev–Trinajstić information content (AvgIpc) is 2.35. The van der Waals surface area contributed by atoms with Crippen molar-refractivity contribution in [3.63, 3.8) is 0 Å². The van der Waals surface area contributed by atoms with E-state index < -0.39 is 5.97 Å². The Kier molecular flexibility index (Phi) is 5.96. The van der Waals surface area contributed by atoms with Crippen molar-refractivity contribution < 1.29 is 9.90 Å². The molecule has 0 aliphatic heterocycles. The highest BCUT2D eigenvalue weighted by Gasteiger charge is 2.16. The number of rotatable bonds is 7. The van der Waals surface area contributed by atoms with Gasteiger partial charge in [0.1, 0.15) is 0 Å². The number of aliphatic carboxylic acids is 1. The van der Waals surface area contributed by atoms with E-state index in [2.05, 4.69) is 23.0 Å². The Morgan fingerprint density at radius 1 is 1.44 bits per heavy atom. The first-order valence-electron chi connectivity index (χ1n) is 6.05. The topological polar surface area (TPSA) is 40.5 Å². The Hall–Kier alpha value is -1.79. The first kappa shape index (κ1) is 14.3. The highest BCUT2D eigenvalue weighted by Crippen LogP contribution is 2.24. The maximum atomic E-state index is 10.6. The van der Waals surface area contributed by atoms with E-state index in [0.717, 1.165) is 6.42 Å². The third-order valence-corrected chi connectivity index (χ3v) is 2.93. The number of carboxylic acids is 1. The average molecular weight is 245 g/mol. The lowest BCUT2D eigenvalue weighted by molar-refractivity contribution is -0.137. The van der Waals surface area contributed by atoms with Crippen LogP contribution < -0.4 is 0 Å². The summed E-state index contributed by atoms with van der Waals surface area (Å²) in [6.45, 7) is 0.562. The summed E-state index contributed by atoms with van der Waals surface area (Å²) < 4.78 is 0. The maximum Gasteiger partial charge on any atom is 0.303 e. The largest absolute Gasteiger partial charge is 0.481 e. The van der Waals surface area contributed by atoms with Gasteiger partial charge in [-0.15, -0.1) is 6.42 Å². The van der Waals surface area contributed by atoms with Crippen molar-refractivity contribution >= 4 is 5.97 Å². The standard InChI is InChI=1S/C15H19NO2/c1-3-12-16(2)14(10-7-11-15(17)18)13-8-5-4-6-9-13/h1,4-6,8-9,14H,7,10-12H2,2H3,(H,17,18). The fourth-order valence-corrected chi connectivity index (χ4v) is 2.02. The number of nitrogens with zero attached hydrogens (tertiary/aromatic N) is 1. The Balaban J connectivity index is 2.70. The number of hydrogen-bond donors (Lipinski definition) is 1. The molecule has 1 unspecified atom stereocenters. The molecule has 1 atom stereocenters. The molecule has 0 bridgehead atoms. The van der Waals surface area contributed by atoms with Crippen LogP contribution in [0.1, 0.15) is 30.9 Å². The molecular weight excluding hydrogens is 226 g/mol. The normalized spacial score (nSPS) is 12.1. The second-order valence-corrected chi connectivity index (χ2v) is 4.33. The third-order valence-electron chi connectivity index (χ3n) is 2.93. The molecule has 0 aliphatic carbocycles. The molecule has 0 aromatic heterocycles. The van der Waals surface area contributed by atoms with Gasteiger partial charge in [0.25, 0.3) is 0 Å². The van der Waals surface area contributed by atoms with E-state index in [0.29, 0.717) is 13.0 Å². The molecule has 3 nitrogen and oxygen atoms in total. The van der Waals surface area contributed by atoms with E-state index in [4.69, 9.17) is 11.5 Å². The Morgan fingerprint density at radius 2 is 2.11 bits per heavy atom. The first-order chi connectivity index (χ1) is 8.65. The predicted octanol–water partition coefficient (Wildman–Crippen LogP) is 2.55. The number of carbonyl (C=O) groups is 1. The van der Waals surface area contributed by atoms with E-state index in [1.165, 1.54) is 5.56 Å². The summed E-state index contributed by atoms with van der Waals surface area (Å²) >= 11 is 0. The Bertz CT molecular complexity index is 408. The smallest absolute Gasteiger partial charge is 0.303 e. The minimum atomic E-state index is -0.749. The van der Waals surface area contributed by atoms with Crippen molar-refractivity contribution in [3.05, 3.63) is 35.9 Å². The van der Waals surface area contributed by atoms with Crippen LogP contribution in [0.2, 0.25) is 0 Å². The van der Waals surface area contributed by atoms with Crippen LogP contribution in [-0.4, -0.2) is 29.6 Å². The molecular formula is C15H19NO2. The zero-order valence-corrected chi connectivity index (χ0v) is 10.7. The number of carboxylic acid groups (broad SMARTS) is 1. The van der Waals surface area contributed by atoms with Crippen LogP contribution in [0.4, 0.5) is 0 Å². The van der Waals surface area contributed by atoms with Crippen LogP contribution in [-0.2, 0) is 4.79 Å². The third kappa shape index (κ3) is 4.60. The summed E-state index contributed by atoms with van der Waals surface area (Å²) in [7, 11) is 1.97. The number of terminal acetylenes is 1. The van der Waals surface area contributed by atoms with Crippen molar-refractivity contribution in [1.82, 2.24) is 4.90 Å². The molecule has 0 fully saturated rings.